The Hall–Kier alpha value is -2.71. The summed E-state index contributed by atoms with van der Waals surface area (Å²) >= 11 is 11.3. The molecule has 2 aromatic rings. The van der Waals surface area contributed by atoms with Crippen LogP contribution in [0.4, 0.5) is 17.1 Å². The van der Waals surface area contributed by atoms with Crippen LogP contribution in [0.3, 0.4) is 0 Å². The molecule has 0 saturated carbocycles. The largest absolute Gasteiger partial charge is 0.366 e. The van der Waals surface area contributed by atoms with Crippen LogP contribution in [0.25, 0.3) is 0 Å². The molecule has 152 valence electrons. The molecule has 29 heavy (non-hydrogen) atoms. The Balaban J connectivity index is 1.74. The molecule has 9 heteroatoms. The number of hydrogen-bond donors (Lipinski definition) is 2. The van der Waals surface area contributed by atoms with Gasteiger partial charge in [0, 0.05) is 35.4 Å². The minimum atomic E-state index is -0.518. The minimum absolute atomic E-state index is 0.0795. The standard InChI is InChI=1S/C20H21ClN4O3S/c1-13-15(21)6-5-7-16(13)22-20(29)23-19(26)14-8-9-17(18(12-14)25(27)28)24-10-3-2-4-11-24/h5-9,12H,2-4,10-11H2,1H3,(H2,22,23,26,29). The lowest BCUT2D eigenvalue weighted by atomic mass is 10.1. The van der Waals surface area contributed by atoms with E-state index in [1.807, 2.05) is 11.8 Å². The summed E-state index contributed by atoms with van der Waals surface area (Å²) in [6.07, 6.45) is 3.13. The van der Waals surface area contributed by atoms with Crippen LogP contribution in [-0.2, 0) is 0 Å². The number of nitro benzene ring substituents is 1. The first kappa shape index (κ1) is 21.0. The average Bonchev–Trinajstić information content (AvgIpc) is 2.71. The maximum atomic E-state index is 12.6. The smallest absolute Gasteiger partial charge is 0.293 e. The Morgan fingerprint density at radius 2 is 1.93 bits per heavy atom. The number of halogens is 1. The molecule has 1 aliphatic rings. The zero-order chi connectivity index (χ0) is 21.0. The van der Waals surface area contributed by atoms with E-state index in [-0.39, 0.29) is 16.4 Å². The van der Waals surface area contributed by atoms with Crippen molar-refractivity contribution in [2.75, 3.05) is 23.3 Å². The van der Waals surface area contributed by atoms with Crippen molar-refractivity contribution in [3.8, 4) is 0 Å². The fourth-order valence-electron chi connectivity index (χ4n) is 3.28. The lowest BCUT2D eigenvalue weighted by Gasteiger charge is -2.28. The molecule has 0 bridgehead atoms. The van der Waals surface area contributed by atoms with Gasteiger partial charge < -0.3 is 10.2 Å². The number of nitro groups is 1. The molecule has 1 aliphatic heterocycles. The van der Waals surface area contributed by atoms with E-state index in [0.29, 0.717) is 16.4 Å². The summed E-state index contributed by atoms with van der Waals surface area (Å²) in [6.45, 7) is 3.39. The van der Waals surface area contributed by atoms with Crippen LogP contribution < -0.4 is 15.5 Å². The predicted octanol–water partition coefficient (Wildman–Crippen LogP) is 4.67. The van der Waals surface area contributed by atoms with Gasteiger partial charge in [-0.15, -0.1) is 0 Å². The fourth-order valence-corrected chi connectivity index (χ4v) is 3.66. The summed E-state index contributed by atoms with van der Waals surface area (Å²) < 4.78 is 0. The van der Waals surface area contributed by atoms with E-state index in [0.717, 1.165) is 37.9 Å². The third-order valence-electron chi connectivity index (χ3n) is 4.87. The van der Waals surface area contributed by atoms with Gasteiger partial charge in [0.1, 0.15) is 5.69 Å². The number of hydrogen-bond acceptors (Lipinski definition) is 5. The van der Waals surface area contributed by atoms with E-state index in [1.165, 1.54) is 6.07 Å². The molecule has 0 unspecified atom stereocenters. The second kappa shape index (κ2) is 9.19. The summed E-state index contributed by atoms with van der Waals surface area (Å²) in [7, 11) is 0. The summed E-state index contributed by atoms with van der Waals surface area (Å²) in [5.41, 5.74) is 2.11. The van der Waals surface area contributed by atoms with Crippen LogP contribution in [-0.4, -0.2) is 29.0 Å². The predicted molar refractivity (Wildman–Crippen MR) is 119 cm³/mol. The highest BCUT2D eigenvalue weighted by atomic mass is 35.5. The number of piperidine rings is 1. The lowest BCUT2D eigenvalue weighted by Crippen LogP contribution is -2.34. The molecular weight excluding hydrogens is 412 g/mol. The number of anilines is 2. The number of carbonyl (C=O) groups excluding carboxylic acids is 1. The van der Waals surface area contributed by atoms with Crippen LogP contribution in [0.5, 0.6) is 0 Å². The number of nitrogens with one attached hydrogen (secondary N) is 2. The third-order valence-corrected chi connectivity index (χ3v) is 5.49. The second-order valence-electron chi connectivity index (χ2n) is 6.83. The van der Waals surface area contributed by atoms with E-state index < -0.39 is 10.8 Å². The highest BCUT2D eigenvalue weighted by molar-refractivity contribution is 7.80. The Kier molecular flexibility index (Phi) is 6.66. The maximum absolute atomic E-state index is 12.6. The second-order valence-corrected chi connectivity index (χ2v) is 7.64. The number of nitrogens with zero attached hydrogens (tertiary/aromatic N) is 2. The van der Waals surface area contributed by atoms with Crippen LogP contribution in [0.2, 0.25) is 5.02 Å². The first-order chi connectivity index (χ1) is 13.9. The van der Waals surface area contributed by atoms with E-state index in [1.54, 1.807) is 30.3 Å². The van der Waals surface area contributed by atoms with Crippen molar-refractivity contribution in [1.29, 1.82) is 0 Å². The zero-order valence-electron chi connectivity index (χ0n) is 15.9. The number of benzene rings is 2. The van der Waals surface area contributed by atoms with Crippen molar-refractivity contribution in [3.63, 3.8) is 0 Å². The quantitative estimate of drug-likeness (QED) is 0.414. The van der Waals surface area contributed by atoms with Gasteiger partial charge in [0.05, 0.1) is 4.92 Å². The van der Waals surface area contributed by atoms with E-state index in [9.17, 15) is 14.9 Å². The topological polar surface area (TPSA) is 87.5 Å². The van der Waals surface area contributed by atoms with Crippen LogP contribution in [0.1, 0.15) is 35.2 Å². The van der Waals surface area contributed by atoms with Crippen molar-refractivity contribution >= 4 is 51.9 Å². The molecule has 3 rings (SSSR count). The molecule has 0 aromatic heterocycles. The number of amides is 1. The SMILES string of the molecule is Cc1c(Cl)cccc1NC(=S)NC(=O)c1ccc(N2CCCCC2)c([N+](=O)[O-])c1. The molecule has 0 spiro atoms. The molecule has 7 nitrogen and oxygen atoms in total. The minimum Gasteiger partial charge on any atom is -0.366 e. The molecule has 1 amide bonds. The van der Waals surface area contributed by atoms with Crippen molar-refractivity contribution in [3.05, 3.63) is 62.7 Å². The Morgan fingerprint density at radius 1 is 1.21 bits per heavy atom. The van der Waals surface area contributed by atoms with Crippen LogP contribution in [0.15, 0.2) is 36.4 Å². The Labute approximate surface area is 179 Å². The van der Waals surface area contributed by atoms with E-state index >= 15 is 0 Å². The van der Waals surface area contributed by atoms with Gasteiger partial charge in [-0.05, 0) is 68.2 Å². The highest BCUT2D eigenvalue weighted by Crippen LogP contribution is 2.31. The Morgan fingerprint density at radius 3 is 2.62 bits per heavy atom. The Bertz CT molecular complexity index is 961. The van der Waals surface area contributed by atoms with Gasteiger partial charge in [0.15, 0.2) is 5.11 Å². The molecule has 0 radical (unpaired) electrons. The van der Waals surface area contributed by atoms with Gasteiger partial charge >= 0.3 is 0 Å². The zero-order valence-corrected chi connectivity index (χ0v) is 17.5. The van der Waals surface area contributed by atoms with Gasteiger partial charge in [0.25, 0.3) is 11.6 Å². The molecule has 1 saturated heterocycles. The first-order valence-electron chi connectivity index (χ1n) is 9.27. The van der Waals surface area contributed by atoms with Crippen LogP contribution in [0, 0.1) is 17.0 Å². The van der Waals surface area contributed by atoms with Gasteiger partial charge in [-0.3, -0.25) is 20.2 Å². The van der Waals surface area contributed by atoms with Gasteiger partial charge in [0.2, 0.25) is 0 Å². The van der Waals surface area contributed by atoms with E-state index in [4.69, 9.17) is 23.8 Å². The van der Waals surface area contributed by atoms with E-state index in [2.05, 4.69) is 10.6 Å². The first-order valence-corrected chi connectivity index (χ1v) is 10.1. The number of carbonyl (C=O) groups is 1. The lowest BCUT2D eigenvalue weighted by molar-refractivity contribution is -0.384. The summed E-state index contributed by atoms with van der Waals surface area (Å²) in [5, 5.41) is 17.7. The fraction of sp³-hybridized carbons (Fsp3) is 0.300. The molecule has 1 fully saturated rings. The van der Waals surface area contributed by atoms with Gasteiger partial charge in [-0.1, -0.05) is 17.7 Å². The molecular formula is C20H21ClN4O3S. The van der Waals surface area contributed by atoms with Crippen molar-refractivity contribution in [2.24, 2.45) is 0 Å². The van der Waals surface area contributed by atoms with Crippen LogP contribution >= 0.6 is 23.8 Å². The molecule has 0 atom stereocenters. The van der Waals surface area contributed by atoms with Crippen molar-refractivity contribution < 1.29 is 9.72 Å². The average molecular weight is 433 g/mol. The monoisotopic (exact) mass is 432 g/mol. The van der Waals surface area contributed by atoms with Crippen molar-refractivity contribution in [2.45, 2.75) is 26.2 Å². The normalized spacial score (nSPS) is 13.7. The summed E-state index contributed by atoms with van der Waals surface area (Å²) in [4.78, 5) is 25.7. The highest BCUT2D eigenvalue weighted by Gasteiger charge is 2.23. The summed E-state index contributed by atoms with van der Waals surface area (Å²) in [5.74, 6) is -0.518. The molecule has 2 aromatic carbocycles. The van der Waals surface area contributed by atoms with Gasteiger partial charge in [-0.25, -0.2) is 0 Å². The van der Waals surface area contributed by atoms with Gasteiger partial charge in [-0.2, -0.15) is 0 Å². The number of thiocarbonyl (C=S) groups is 1. The molecule has 1 heterocycles. The van der Waals surface area contributed by atoms with Crippen molar-refractivity contribution in [1.82, 2.24) is 5.32 Å². The third kappa shape index (κ3) is 5.02. The molecule has 2 N–H and O–H groups in total. The maximum Gasteiger partial charge on any atom is 0.293 e. The summed E-state index contributed by atoms with van der Waals surface area (Å²) in [6, 6.07) is 9.83. The number of rotatable bonds is 4. The molecule has 0 aliphatic carbocycles.